The second kappa shape index (κ2) is 5.05. The molecule has 0 N–H and O–H groups in total. The molecule has 3 rings (SSSR count). The monoisotopic (exact) mass is 308 g/mol. The van der Waals surface area contributed by atoms with Crippen molar-refractivity contribution in [3.05, 3.63) is 64.7 Å². The second-order valence-corrected chi connectivity index (χ2v) is 4.86. The highest BCUT2D eigenvalue weighted by Gasteiger charge is 2.37. The number of methoxy groups -OCH3 is 1. The van der Waals surface area contributed by atoms with Crippen molar-refractivity contribution in [3.63, 3.8) is 0 Å². The zero-order chi connectivity index (χ0) is 15.9. The lowest BCUT2D eigenvalue weighted by atomic mass is 9.97. The molecule has 1 heterocycles. The van der Waals surface area contributed by atoms with Gasteiger partial charge in [0.25, 0.3) is 0 Å². The van der Waals surface area contributed by atoms with Gasteiger partial charge in [-0.15, -0.1) is 0 Å². The zero-order valence-electron chi connectivity index (χ0n) is 11.5. The highest BCUT2D eigenvalue weighted by molar-refractivity contribution is 5.94. The van der Waals surface area contributed by atoms with Crippen molar-refractivity contribution < 1.29 is 27.4 Å². The molecule has 2 aromatic rings. The van der Waals surface area contributed by atoms with Gasteiger partial charge in [0.2, 0.25) is 0 Å². The maximum Gasteiger partial charge on any atom is 0.416 e. The molecule has 0 aliphatic carbocycles. The minimum atomic E-state index is -4.47. The summed E-state index contributed by atoms with van der Waals surface area (Å²) in [6.07, 6.45) is -5.30. The summed E-state index contributed by atoms with van der Waals surface area (Å²) in [5.74, 6) is -0.0121. The van der Waals surface area contributed by atoms with E-state index >= 15 is 0 Å². The van der Waals surface area contributed by atoms with Crippen LogP contribution in [0.1, 0.15) is 33.2 Å². The van der Waals surface area contributed by atoms with Crippen molar-refractivity contribution in [2.75, 3.05) is 7.11 Å². The minimum absolute atomic E-state index is 0.161. The van der Waals surface area contributed by atoms with Crippen LogP contribution in [0.4, 0.5) is 13.2 Å². The van der Waals surface area contributed by atoms with E-state index in [0.717, 1.165) is 18.2 Å². The van der Waals surface area contributed by atoms with Crippen LogP contribution in [0.2, 0.25) is 0 Å². The Bertz CT molecular complexity index is 720. The number of benzene rings is 2. The molecule has 6 heteroatoms. The molecule has 2 aromatic carbocycles. The van der Waals surface area contributed by atoms with Gasteiger partial charge in [-0.3, -0.25) is 0 Å². The average Bonchev–Trinajstić information content (AvgIpc) is 2.83. The Hall–Kier alpha value is -2.50. The number of carbonyl (C=O) groups excluding carboxylic acids is 1. The van der Waals surface area contributed by atoms with E-state index in [9.17, 15) is 18.0 Å². The number of ether oxygens (including phenoxy) is 2. The summed E-state index contributed by atoms with van der Waals surface area (Å²) in [5.41, 5.74) is 0.175. The summed E-state index contributed by atoms with van der Waals surface area (Å²) in [5, 5.41) is 0. The van der Waals surface area contributed by atoms with E-state index in [1.54, 1.807) is 24.3 Å². The maximum atomic E-state index is 12.8. The summed E-state index contributed by atoms with van der Waals surface area (Å²) in [6, 6.07) is 9.65. The molecule has 0 amide bonds. The van der Waals surface area contributed by atoms with Crippen molar-refractivity contribution in [2.24, 2.45) is 0 Å². The SMILES string of the molecule is COc1ccc(C2OC(=O)c3ccc(C(F)(F)F)cc32)cc1. The molecule has 1 unspecified atom stereocenters. The summed E-state index contributed by atoms with van der Waals surface area (Å²) in [4.78, 5) is 11.8. The van der Waals surface area contributed by atoms with Gasteiger partial charge in [0.1, 0.15) is 5.75 Å². The number of hydrogen-bond acceptors (Lipinski definition) is 3. The zero-order valence-corrected chi connectivity index (χ0v) is 11.5. The van der Waals surface area contributed by atoms with E-state index in [4.69, 9.17) is 9.47 Å². The molecule has 0 radical (unpaired) electrons. The Labute approximate surface area is 124 Å². The lowest BCUT2D eigenvalue weighted by Gasteiger charge is -2.13. The minimum Gasteiger partial charge on any atom is -0.497 e. The predicted octanol–water partition coefficient (Wildman–Crippen LogP) is 3.97. The number of halogens is 3. The number of alkyl halides is 3. The van der Waals surface area contributed by atoms with E-state index in [2.05, 4.69) is 0 Å². The summed E-state index contributed by atoms with van der Waals surface area (Å²) in [7, 11) is 1.51. The third-order valence-electron chi connectivity index (χ3n) is 3.52. The largest absolute Gasteiger partial charge is 0.497 e. The molecule has 0 bridgehead atoms. The van der Waals surface area contributed by atoms with Crippen LogP contribution < -0.4 is 4.74 Å². The predicted molar refractivity (Wildman–Crippen MR) is 71.7 cm³/mol. The quantitative estimate of drug-likeness (QED) is 0.787. The van der Waals surface area contributed by atoms with Gasteiger partial charge in [-0.05, 0) is 35.9 Å². The lowest BCUT2D eigenvalue weighted by Crippen LogP contribution is -2.07. The number of hydrogen-bond donors (Lipinski definition) is 0. The van der Waals surface area contributed by atoms with Crippen LogP contribution in [0.5, 0.6) is 5.75 Å². The molecule has 22 heavy (non-hydrogen) atoms. The van der Waals surface area contributed by atoms with E-state index < -0.39 is 23.8 Å². The third-order valence-corrected chi connectivity index (χ3v) is 3.52. The Morgan fingerprint density at radius 3 is 2.36 bits per heavy atom. The molecule has 1 aliphatic rings. The first kappa shape index (κ1) is 14.4. The number of cyclic esters (lactones) is 1. The van der Waals surface area contributed by atoms with Gasteiger partial charge in [-0.2, -0.15) is 13.2 Å². The van der Waals surface area contributed by atoms with Gasteiger partial charge in [0.05, 0.1) is 18.2 Å². The molecule has 0 saturated heterocycles. The number of rotatable bonds is 2. The Balaban J connectivity index is 2.04. The normalized spacial score (nSPS) is 17.1. The third kappa shape index (κ3) is 2.41. The second-order valence-electron chi connectivity index (χ2n) is 4.86. The van der Waals surface area contributed by atoms with Crippen LogP contribution in [0.15, 0.2) is 42.5 Å². The molecule has 3 nitrogen and oxygen atoms in total. The van der Waals surface area contributed by atoms with Gasteiger partial charge in [0, 0.05) is 5.56 Å². The van der Waals surface area contributed by atoms with E-state index in [1.165, 1.54) is 7.11 Å². The average molecular weight is 308 g/mol. The van der Waals surface area contributed by atoms with Crippen molar-refractivity contribution in [1.82, 2.24) is 0 Å². The van der Waals surface area contributed by atoms with Gasteiger partial charge >= 0.3 is 12.1 Å². The Morgan fingerprint density at radius 2 is 1.77 bits per heavy atom. The summed E-state index contributed by atoms with van der Waals surface area (Å²) >= 11 is 0. The molecule has 0 saturated carbocycles. The van der Waals surface area contributed by atoms with Crippen LogP contribution in [0.3, 0.4) is 0 Å². The van der Waals surface area contributed by atoms with Crippen molar-refractivity contribution >= 4 is 5.97 Å². The van der Waals surface area contributed by atoms with Crippen LogP contribution >= 0.6 is 0 Å². The fraction of sp³-hybridized carbons (Fsp3) is 0.188. The lowest BCUT2D eigenvalue weighted by molar-refractivity contribution is -0.137. The van der Waals surface area contributed by atoms with Crippen LogP contribution in [0, 0.1) is 0 Å². The summed E-state index contributed by atoms with van der Waals surface area (Å²) in [6.45, 7) is 0. The van der Waals surface area contributed by atoms with Crippen molar-refractivity contribution in [2.45, 2.75) is 12.3 Å². The molecule has 0 spiro atoms. The molecule has 1 aliphatic heterocycles. The first-order valence-corrected chi connectivity index (χ1v) is 6.46. The van der Waals surface area contributed by atoms with E-state index in [1.807, 2.05) is 0 Å². The number of fused-ring (bicyclic) bond motifs is 1. The van der Waals surface area contributed by atoms with Gasteiger partial charge in [-0.1, -0.05) is 12.1 Å². The topological polar surface area (TPSA) is 35.5 Å². The first-order chi connectivity index (χ1) is 10.4. The number of carbonyl (C=O) groups is 1. The fourth-order valence-electron chi connectivity index (χ4n) is 2.40. The molecular weight excluding hydrogens is 297 g/mol. The van der Waals surface area contributed by atoms with Crippen LogP contribution in [-0.2, 0) is 10.9 Å². The Morgan fingerprint density at radius 1 is 1.09 bits per heavy atom. The van der Waals surface area contributed by atoms with Crippen molar-refractivity contribution in [3.8, 4) is 5.75 Å². The Kier molecular flexibility index (Phi) is 3.31. The van der Waals surface area contributed by atoms with E-state index in [0.29, 0.717) is 11.3 Å². The fourth-order valence-corrected chi connectivity index (χ4v) is 2.40. The van der Waals surface area contributed by atoms with Gasteiger partial charge in [-0.25, -0.2) is 4.79 Å². The summed E-state index contributed by atoms with van der Waals surface area (Å²) < 4.78 is 48.8. The van der Waals surface area contributed by atoms with E-state index in [-0.39, 0.29) is 11.1 Å². The van der Waals surface area contributed by atoms with Crippen molar-refractivity contribution in [1.29, 1.82) is 0 Å². The standard InChI is InChI=1S/C16H11F3O3/c1-21-11-5-2-9(3-6-11)14-13-8-10(16(17,18)19)4-7-12(13)15(20)22-14/h2-8,14H,1H3. The molecule has 0 aromatic heterocycles. The molecule has 114 valence electrons. The molecular formula is C16H11F3O3. The van der Waals surface area contributed by atoms with Gasteiger partial charge < -0.3 is 9.47 Å². The molecule has 0 fully saturated rings. The number of esters is 1. The highest BCUT2D eigenvalue weighted by atomic mass is 19.4. The molecule has 1 atom stereocenters. The smallest absolute Gasteiger partial charge is 0.416 e. The maximum absolute atomic E-state index is 12.8. The highest BCUT2D eigenvalue weighted by Crippen LogP contribution is 2.39. The van der Waals surface area contributed by atoms with Crippen LogP contribution in [0.25, 0.3) is 0 Å². The van der Waals surface area contributed by atoms with Gasteiger partial charge in [0.15, 0.2) is 6.10 Å². The first-order valence-electron chi connectivity index (χ1n) is 6.46. The van der Waals surface area contributed by atoms with Crippen LogP contribution in [-0.4, -0.2) is 13.1 Å².